The molecule has 26 heavy (non-hydrogen) atoms. The van der Waals surface area contributed by atoms with Gasteiger partial charge in [0.15, 0.2) is 0 Å². The van der Waals surface area contributed by atoms with Crippen LogP contribution in [0.4, 0.5) is 5.69 Å². The van der Waals surface area contributed by atoms with Crippen molar-refractivity contribution < 1.29 is 8.42 Å². The summed E-state index contributed by atoms with van der Waals surface area (Å²) in [6, 6.07) is 24.3. The number of nitrogens with zero attached hydrogens (tertiary/aromatic N) is 1. The summed E-state index contributed by atoms with van der Waals surface area (Å²) in [6.07, 6.45) is 0. The lowest BCUT2D eigenvalue weighted by molar-refractivity contribution is 0.600. The number of rotatable bonds is 5. The van der Waals surface area contributed by atoms with Gasteiger partial charge in [-0.25, -0.2) is 8.42 Å². The lowest BCUT2D eigenvalue weighted by Gasteiger charge is -2.08. The standard InChI is InChI=1S/C20H17N3O2S/c24-26(25,14-15-7-3-1-4-8-15)23-17-11-12-19-18(13-17)20(22-21-19)16-9-5-2-6-10-16/h1-13,23H,14H2,(H,21,22). The van der Waals surface area contributed by atoms with Crippen molar-refractivity contribution >= 4 is 26.6 Å². The molecule has 0 unspecified atom stereocenters. The van der Waals surface area contributed by atoms with Gasteiger partial charge in [0.25, 0.3) is 0 Å². The van der Waals surface area contributed by atoms with Gasteiger partial charge in [-0.1, -0.05) is 60.7 Å². The Balaban J connectivity index is 1.65. The Hall–Kier alpha value is -3.12. The van der Waals surface area contributed by atoms with Crippen LogP contribution in [-0.2, 0) is 15.8 Å². The maximum Gasteiger partial charge on any atom is 0.236 e. The summed E-state index contributed by atoms with van der Waals surface area (Å²) < 4.78 is 27.6. The van der Waals surface area contributed by atoms with Crippen LogP contribution >= 0.6 is 0 Å². The van der Waals surface area contributed by atoms with E-state index in [9.17, 15) is 8.42 Å². The molecule has 5 nitrogen and oxygen atoms in total. The average molecular weight is 363 g/mol. The smallest absolute Gasteiger partial charge is 0.236 e. The first-order valence-corrected chi connectivity index (χ1v) is 9.84. The van der Waals surface area contributed by atoms with E-state index in [1.54, 1.807) is 18.2 Å². The zero-order valence-corrected chi connectivity index (χ0v) is 14.7. The van der Waals surface area contributed by atoms with Crippen LogP contribution < -0.4 is 4.72 Å². The van der Waals surface area contributed by atoms with E-state index in [0.717, 1.165) is 27.7 Å². The van der Waals surface area contributed by atoms with Crippen LogP contribution in [-0.4, -0.2) is 18.6 Å². The molecule has 0 radical (unpaired) electrons. The molecule has 0 aliphatic heterocycles. The van der Waals surface area contributed by atoms with Crippen LogP contribution in [0.25, 0.3) is 22.2 Å². The number of aromatic amines is 1. The number of hydrogen-bond acceptors (Lipinski definition) is 3. The molecular formula is C20H17N3O2S. The van der Waals surface area contributed by atoms with Gasteiger partial charge in [-0.15, -0.1) is 0 Å². The third-order valence-corrected chi connectivity index (χ3v) is 5.34. The molecule has 0 aliphatic carbocycles. The minimum Gasteiger partial charge on any atom is -0.283 e. The summed E-state index contributed by atoms with van der Waals surface area (Å²) >= 11 is 0. The number of aromatic nitrogens is 2. The van der Waals surface area contributed by atoms with Crippen LogP contribution in [0, 0.1) is 0 Å². The molecule has 0 atom stereocenters. The number of hydrogen-bond donors (Lipinski definition) is 2. The third kappa shape index (κ3) is 3.45. The Morgan fingerprint density at radius 1 is 0.885 bits per heavy atom. The van der Waals surface area contributed by atoms with E-state index in [2.05, 4.69) is 14.9 Å². The van der Waals surface area contributed by atoms with Crippen LogP contribution in [0.15, 0.2) is 78.9 Å². The number of sulfonamides is 1. The molecule has 0 bridgehead atoms. The third-order valence-electron chi connectivity index (χ3n) is 4.08. The van der Waals surface area contributed by atoms with Crippen LogP contribution in [0.1, 0.15) is 5.56 Å². The van der Waals surface area contributed by atoms with Crippen molar-refractivity contribution in [1.29, 1.82) is 0 Å². The Labute approximate surface area is 151 Å². The number of nitrogens with one attached hydrogen (secondary N) is 2. The Morgan fingerprint density at radius 2 is 1.58 bits per heavy atom. The SMILES string of the molecule is O=S(=O)(Cc1ccccc1)Nc1ccc2[nH]nc(-c3ccccc3)c2c1. The van der Waals surface area contributed by atoms with Crippen molar-refractivity contribution in [3.63, 3.8) is 0 Å². The Kier molecular flexibility index (Phi) is 4.18. The second-order valence-corrected chi connectivity index (χ2v) is 7.77. The molecule has 0 aliphatic rings. The highest BCUT2D eigenvalue weighted by Gasteiger charge is 2.14. The molecule has 4 aromatic rings. The summed E-state index contributed by atoms with van der Waals surface area (Å²) in [5.74, 6) is -0.0667. The zero-order valence-electron chi connectivity index (χ0n) is 13.9. The van der Waals surface area contributed by atoms with Gasteiger partial charge in [0.2, 0.25) is 10.0 Å². The van der Waals surface area contributed by atoms with Crippen LogP contribution in [0.3, 0.4) is 0 Å². The van der Waals surface area contributed by atoms with E-state index in [-0.39, 0.29) is 5.75 Å². The predicted molar refractivity (Wildman–Crippen MR) is 104 cm³/mol. The van der Waals surface area contributed by atoms with E-state index >= 15 is 0 Å². The van der Waals surface area contributed by atoms with E-state index in [0.29, 0.717) is 5.69 Å². The summed E-state index contributed by atoms with van der Waals surface area (Å²) in [5, 5.41) is 8.23. The molecule has 1 aromatic heterocycles. The molecule has 0 fully saturated rings. The van der Waals surface area contributed by atoms with E-state index in [4.69, 9.17) is 0 Å². The fourth-order valence-electron chi connectivity index (χ4n) is 2.90. The van der Waals surface area contributed by atoms with Gasteiger partial charge in [0.05, 0.1) is 17.0 Å². The zero-order chi connectivity index (χ0) is 18.0. The van der Waals surface area contributed by atoms with E-state index in [1.165, 1.54) is 0 Å². The molecule has 4 rings (SSSR count). The molecule has 0 spiro atoms. The first-order valence-electron chi connectivity index (χ1n) is 8.19. The summed E-state index contributed by atoms with van der Waals surface area (Å²) in [4.78, 5) is 0. The number of benzene rings is 3. The minimum absolute atomic E-state index is 0.0667. The van der Waals surface area contributed by atoms with Crippen molar-refractivity contribution in [3.05, 3.63) is 84.4 Å². The van der Waals surface area contributed by atoms with Crippen molar-refractivity contribution in [2.24, 2.45) is 0 Å². The van der Waals surface area contributed by atoms with Crippen molar-refractivity contribution in [1.82, 2.24) is 10.2 Å². The fourth-order valence-corrected chi connectivity index (χ4v) is 4.09. The molecular weight excluding hydrogens is 346 g/mol. The molecule has 0 saturated carbocycles. The highest BCUT2D eigenvalue weighted by molar-refractivity contribution is 7.91. The molecule has 1 heterocycles. The molecule has 2 N–H and O–H groups in total. The van der Waals surface area contributed by atoms with Crippen LogP contribution in [0.5, 0.6) is 0 Å². The minimum atomic E-state index is -3.50. The molecule has 0 amide bonds. The number of anilines is 1. The first kappa shape index (κ1) is 16.4. The van der Waals surface area contributed by atoms with Gasteiger partial charge < -0.3 is 0 Å². The Morgan fingerprint density at radius 3 is 2.31 bits per heavy atom. The van der Waals surface area contributed by atoms with Crippen molar-refractivity contribution in [2.45, 2.75) is 5.75 Å². The molecule has 3 aromatic carbocycles. The number of fused-ring (bicyclic) bond motifs is 1. The van der Waals surface area contributed by atoms with Crippen LogP contribution in [0.2, 0.25) is 0 Å². The highest BCUT2D eigenvalue weighted by Crippen LogP contribution is 2.28. The van der Waals surface area contributed by atoms with Gasteiger partial charge in [0.1, 0.15) is 0 Å². The van der Waals surface area contributed by atoms with Gasteiger partial charge in [-0.3, -0.25) is 9.82 Å². The Bertz CT molecular complexity index is 1140. The van der Waals surface area contributed by atoms with Gasteiger partial charge >= 0.3 is 0 Å². The van der Waals surface area contributed by atoms with E-state index in [1.807, 2.05) is 60.7 Å². The van der Waals surface area contributed by atoms with Gasteiger partial charge in [0, 0.05) is 16.6 Å². The predicted octanol–water partition coefficient (Wildman–Crippen LogP) is 4.17. The fraction of sp³-hybridized carbons (Fsp3) is 0.0500. The summed E-state index contributed by atoms with van der Waals surface area (Å²) in [7, 11) is -3.50. The second-order valence-electron chi connectivity index (χ2n) is 6.05. The average Bonchev–Trinajstić information content (AvgIpc) is 3.06. The van der Waals surface area contributed by atoms with Gasteiger partial charge in [-0.05, 0) is 23.8 Å². The maximum absolute atomic E-state index is 12.5. The quantitative estimate of drug-likeness (QED) is 0.559. The second kappa shape index (κ2) is 6.65. The normalized spacial score (nSPS) is 11.5. The van der Waals surface area contributed by atoms with Crippen molar-refractivity contribution in [3.8, 4) is 11.3 Å². The lowest BCUT2D eigenvalue weighted by Crippen LogP contribution is -2.14. The highest BCUT2D eigenvalue weighted by atomic mass is 32.2. The monoisotopic (exact) mass is 363 g/mol. The largest absolute Gasteiger partial charge is 0.283 e. The number of H-pyrrole nitrogens is 1. The molecule has 0 saturated heterocycles. The van der Waals surface area contributed by atoms with E-state index < -0.39 is 10.0 Å². The molecule has 130 valence electrons. The lowest BCUT2D eigenvalue weighted by atomic mass is 10.1. The summed E-state index contributed by atoms with van der Waals surface area (Å²) in [5.41, 5.74) is 3.89. The van der Waals surface area contributed by atoms with Gasteiger partial charge in [-0.2, -0.15) is 5.10 Å². The topological polar surface area (TPSA) is 74.8 Å². The summed E-state index contributed by atoms with van der Waals surface area (Å²) in [6.45, 7) is 0. The first-order chi connectivity index (χ1) is 12.6. The molecule has 6 heteroatoms. The maximum atomic E-state index is 12.5. The van der Waals surface area contributed by atoms with Crippen molar-refractivity contribution in [2.75, 3.05) is 4.72 Å².